The van der Waals surface area contributed by atoms with Crippen LogP contribution < -0.4 is 26.6 Å². The van der Waals surface area contributed by atoms with Gasteiger partial charge in [-0.15, -0.1) is 0 Å². The number of fused-ring (bicyclic) bond motifs is 2. The van der Waals surface area contributed by atoms with Crippen LogP contribution >= 0.6 is 0 Å². The highest BCUT2D eigenvalue weighted by Crippen LogP contribution is 2.31. The van der Waals surface area contributed by atoms with E-state index in [1.165, 1.54) is 0 Å². The van der Waals surface area contributed by atoms with Gasteiger partial charge in [-0.2, -0.15) is 10.2 Å². The Morgan fingerprint density at radius 3 is 1.98 bits per heavy atom. The number of benzene rings is 2. The van der Waals surface area contributed by atoms with Gasteiger partial charge in [0.25, 0.3) is 11.8 Å². The average molecular weight is 720 g/mol. The lowest BCUT2D eigenvalue weighted by molar-refractivity contribution is -0.116. The van der Waals surface area contributed by atoms with Crippen LogP contribution in [0, 0.1) is 13.8 Å². The Hall–Kier alpha value is -6.36. The molecule has 17 nitrogen and oxygen atoms in total. The number of hydrogen-bond donors (Lipinski definition) is 4. The molecule has 0 unspecified atom stereocenters. The maximum Gasteiger partial charge on any atom is 0.276 e. The van der Waals surface area contributed by atoms with Gasteiger partial charge in [0.2, 0.25) is 23.7 Å². The van der Waals surface area contributed by atoms with E-state index in [-0.39, 0.29) is 24.3 Å². The Labute approximate surface area is 304 Å². The van der Waals surface area contributed by atoms with Crippen molar-refractivity contribution in [3.63, 3.8) is 0 Å². The number of imidazole rings is 2. The minimum absolute atomic E-state index is 0.0624. The molecule has 5 heterocycles. The number of nitrogens with two attached hydrogens (primary N) is 1. The molecule has 5 N–H and O–H groups in total. The van der Waals surface area contributed by atoms with Crippen LogP contribution in [0.4, 0.5) is 17.6 Å². The number of para-hydroxylation sites is 1. The first-order valence-electron chi connectivity index (χ1n) is 17.6. The Kier molecular flexibility index (Phi) is 9.49. The molecule has 4 amide bonds. The molecule has 0 atom stereocenters. The minimum Gasteiger partial charge on any atom is -0.366 e. The van der Waals surface area contributed by atoms with E-state index in [1.54, 1.807) is 44.6 Å². The molecular formula is C36H41N13O4. The largest absolute Gasteiger partial charge is 0.366 e. The topological polar surface area (TPSA) is 205 Å². The van der Waals surface area contributed by atoms with Crippen LogP contribution in [0.3, 0.4) is 0 Å². The maximum absolute atomic E-state index is 13.6. The average Bonchev–Trinajstić information content (AvgIpc) is 3.96. The molecule has 1 aliphatic rings. The Morgan fingerprint density at radius 2 is 1.42 bits per heavy atom. The number of nitrogens with one attached hydrogen (secondary N) is 3. The summed E-state index contributed by atoms with van der Waals surface area (Å²) in [6.45, 7) is 10.1. The zero-order valence-electron chi connectivity index (χ0n) is 30.0. The summed E-state index contributed by atoms with van der Waals surface area (Å²) >= 11 is 0. The summed E-state index contributed by atoms with van der Waals surface area (Å²) in [6, 6.07) is 14.1. The Bertz CT molecular complexity index is 2400. The molecule has 0 saturated carbocycles. The molecule has 6 aromatic rings. The number of unbranched alkanes of at least 4 members (excludes halogenated alkanes) is 1. The number of anilines is 3. The van der Waals surface area contributed by atoms with Crippen LogP contribution in [-0.2, 0) is 31.0 Å². The van der Waals surface area contributed by atoms with Crippen LogP contribution in [-0.4, -0.2) is 75.5 Å². The number of amides is 4. The number of carbonyl (C=O) groups is 4. The van der Waals surface area contributed by atoms with Crippen molar-refractivity contribution in [3.05, 3.63) is 76.9 Å². The van der Waals surface area contributed by atoms with E-state index in [0.29, 0.717) is 91.3 Å². The van der Waals surface area contributed by atoms with Crippen molar-refractivity contribution in [2.45, 2.75) is 66.7 Å². The third-order valence-corrected chi connectivity index (χ3v) is 9.26. The third kappa shape index (κ3) is 6.73. The van der Waals surface area contributed by atoms with Gasteiger partial charge in [-0.3, -0.25) is 49.4 Å². The fraction of sp³-hybridized carbons (Fsp3) is 0.333. The zero-order valence-corrected chi connectivity index (χ0v) is 30.0. The van der Waals surface area contributed by atoms with Crippen LogP contribution in [0.15, 0.2) is 48.5 Å². The third-order valence-electron chi connectivity index (χ3n) is 9.26. The molecule has 2 aromatic carbocycles. The van der Waals surface area contributed by atoms with Crippen LogP contribution in [0.1, 0.15) is 69.4 Å². The van der Waals surface area contributed by atoms with Crippen LogP contribution in [0.2, 0.25) is 0 Å². The molecule has 1 fully saturated rings. The number of hydrogen-bond acceptors (Lipinski definition) is 9. The molecule has 0 aliphatic carbocycles. The summed E-state index contributed by atoms with van der Waals surface area (Å²) in [6.07, 6.45) is 1.28. The van der Waals surface area contributed by atoms with Crippen LogP contribution in [0.5, 0.6) is 0 Å². The van der Waals surface area contributed by atoms with Gasteiger partial charge in [0, 0.05) is 31.7 Å². The first-order chi connectivity index (χ1) is 25.6. The molecular weight excluding hydrogens is 678 g/mol. The lowest BCUT2D eigenvalue weighted by Gasteiger charge is -2.15. The van der Waals surface area contributed by atoms with Crippen molar-refractivity contribution < 1.29 is 19.2 Å². The maximum atomic E-state index is 13.6. The predicted octanol–water partition coefficient (Wildman–Crippen LogP) is 3.41. The van der Waals surface area contributed by atoms with Crippen molar-refractivity contribution in [2.75, 3.05) is 28.7 Å². The molecule has 0 radical (unpaired) electrons. The number of nitrogens with zero attached hydrogens (tertiary/aromatic N) is 9. The van der Waals surface area contributed by atoms with Crippen molar-refractivity contribution in [3.8, 4) is 0 Å². The summed E-state index contributed by atoms with van der Waals surface area (Å²) in [5, 5.41) is 17.9. The van der Waals surface area contributed by atoms with Gasteiger partial charge in [-0.05, 0) is 83.0 Å². The van der Waals surface area contributed by atoms with Crippen LogP contribution in [0.25, 0.3) is 22.1 Å². The predicted molar refractivity (Wildman–Crippen MR) is 199 cm³/mol. The van der Waals surface area contributed by atoms with Gasteiger partial charge in [-0.25, -0.2) is 9.97 Å². The summed E-state index contributed by atoms with van der Waals surface area (Å²) in [5.41, 5.74) is 11.4. The number of aryl methyl sites for hydroxylation is 6. The van der Waals surface area contributed by atoms with Crippen molar-refractivity contribution >= 4 is 63.3 Å². The highest BCUT2D eigenvalue weighted by molar-refractivity contribution is 6.06. The molecule has 1 aliphatic heterocycles. The van der Waals surface area contributed by atoms with Gasteiger partial charge in [-0.1, -0.05) is 6.07 Å². The molecule has 1 saturated heterocycles. The van der Waals surface area contributed by atoms with E-state index >= 15 is 0 Å². The Balaban J connectivity index is 1.18. The molecule has 53 heavy (non-hydrogen) atoms. The second kappa shape index (κ2) is 14.3. The minimum atomic E-state index is -0.576. The fourth-order valence-electron chi connectivity index (χ4n) is 6.76. The van der Waals surface area contributed by atoms with E-state index in [1.807, 2.05) is 55.0 Å². The molecule has 4 aromatic heterocycles. The van der Waals surface area contributed by atoms with E-state index < -0.39 is 5.91 Å². The molecule has 17 heteroatoms. The SMILES string of the molecule is CCn1nc(C)cc1C(=O)Nc1nc2cc(C(N)=O)ccc2n1CCCCn1c(NC(=O)c2cc(C)nn2CC)nc2c(N3CNCC3=O)cccc21. The van der Waals surface area contributed by atoms with Gasteiger partial charge in [0.05, 0.1) is 46.8 Å². The number of primary amides is 1. The quantitative estimate of drug-likeness (QED) is 0.129. The zero-order chi connectivity index (χ0) is 37.4. The second-order valence-electron chi connectivity index (χ2n) is 12.9. The first kappa shape index (κ1) is 35.1. The van der Waals surface area contributed by atoms with Gasteiger partial charge < -0.3 is 14.9 Å². The van der Waals surface area contributed by atoms with E-state index in [0.717, 1.165) is 22.4 Å². The van der Waals surface area contributed by atoms with E-state index in [2.05, 4.69) is 31.1 Å². The normalized spacial score (nSPS) is 13.1. The highest BCUT2D eigenvalue weighted by atomic mass is 16.2. The van der Waals surface area contributed by atoms with Crippen molar-refractivity contribution in [1.29, 1.82) is 0 Å². The Morgan fingerprint density at radius 1 is 0.811 bits per heavy atom. The smallest absolute Gasteiger partial charge is 0.276 e. The van der Waals surface area contributed by atoms with Gasteiger partial charge in [0.15, 0.2) is 0 Å². The second-order valence-corrected chi connectivity index (χ2v) is 12.9. The number of rotatable bonds is 13. The molecule has 0 spiro atoms. The highest BCUT2D eigenvalue weighted by Gasteiger charge is 2.26. The summed E-state index contributed by atoms with van der Waals surface area (Å²) < 4.78 is 7.14. The first-order valence-corrected chi connectivity index (χ1v) is 17.6. The van der Waals surface area contributed by atoms with Crippen molar-refractivity contribution in [2.24, 2.45) is 5.73 Å². The molecule has 274 valence electrons. The van der Waals surface area contributed by atoms with Gasteiger partial charge >= 0.3 is 0 Å². The summed E-state index contributed by atoms with van der Waals surface area (Å²) in [7, 11) is 0. The standard InChI is InChI=1S/C36H41N13O4/c1-5-48-28(16-21(3)43-48)33(52)41-35-39-24-18-23(32(37)51)12-13-25(24)45(35)14-7-8-15-46-26-10-9-11-27(47-20-38-19-30(47)50)31(26)40-36(46)42-34(53)29-17-22(4)44-49(29)6-2/h9-13,16-18,38H,5-8,14-15,19-20H2,1-4H3,(H2,37,51)(H,39,41,52)(H,40,42,53). The fourth-order valence-corrected chi connectivity index (χ4v) is 6.76. The summed E-state index contributed by atoms with van der Waals surface area (Å²) in [5.74, 6) is -0.664. The van der Waals surface area contributed by atoms with Gasteiger partial charge in [0.1, 0.15) is 16.9 Å². The lowest BCUT2D eigenvalue weighted by atomic mass is 10.2. The molecule has 0 bridgehead atoms. The van der Waals surface area contributed by atoms with Crippen molar-refractivity contribution in [1.82, 2.24) is 44.0 Å². The van der Waals surface area contributed by atoms with E-state index in [4.69, 9.17) is 10.7 Å². The number of aromatic nitrogens is 8. The summed E-state index contributed by atoms with van der Waals surface area (Å²) in [4.78, 5) is 62.9. The molecule has 7 rings (SSSR count). The van der Waals surface area contributed by atoms with E-state index in [9.17, 15) is 19.2 Å². The number of carbonyl (C=O) groups excluding carboxylic acids is 4. The lowest BCUT2D eigenvalue weighted by Crippen LogP contribution is -2.25. The monoisotopic (exact) mass is 719 g/mol.